The number of rotatable bonds is 8. The van der Waals surface area contributed by atoms with Crippen LogP contribution >= 0.6 is 0 Å². The lowest BCUT2D eigenvalue weighted by Crippen LogP contribution is -2.18. The highest BCUT2D eigenvalue weighted by molar-refractivity contribution is 5.69. The van der Waals surface area contributed by atoms with Gasteiger partial charge in [-0.1, -0.05) is 26.7 Å². The molecule has 2 atom stereocenters. The van der Waals surface area contributed by atoms with E-state index in [1.165, 1.54) is 0 Å². The summed E-state index contributed by atoms with van der Waals surface area (Å²) in [6.07, 6.45) is 3.52. The van der Waals surface area contributed by atoms with E-state index in [0.717, 1.165) is 19.3 Å². The predicted molar refractivity (Wildman–Crippen MR) is 56.7 cm³/mol. The summed E-state index contributed by atoms with van der Waals surface area (Å²) in [4.78, 5) is 20.9. The molecular formula is C11H20O4. The molecule has 0 rings (SSSR count). The van der Waals surface area contributed by atoms with Crippen LogP contribution in [-0.4, -0.2) is 22.2 Å². The molecule has 88 valence electrons. The SMILES string of the molecule is CC(CCCCCC(=O)O)C(C)C(=O)O. The van der Waals surface area contributed by atoms with Gasteiger partial charge in [0.25, 0.3) is 0 Å². The number of aliphatic carboxylic acids is 2. The minimum Gasteiger partial charge on any atom is -0.481 e. The molecule has 0 aromatic heterocycles. The molecule has 0 aromatic rings. The van der Waals surface area contributed by atoms with Crippen LogP contribution in [0, 0.1) is 11.8 Å². The van der Waals surface area contributed by atoms with E-state index in [1.807, 2.05) is 6.92 Å². The van der Waals surface area contributed by atoms with Gasteiger partial charge in [-0.3, -0.25) is 9.59 Å². The Bertz CT molecular complexity index is 213. The van der Waals surface area contributed by atoms with Crippen molar-refractivity contribution in [3.8, 4) is 0 Å². The van der Waals surface area contributed by atoms with Crippen LogP contribution in [0.5, 0.6) is 0 Å². The Morgan fingerprint density at radius 3 is 2.13 bits per heavy atom. The molecule has 0 fully saturated rings. The van der Waals surface area contributed by atoms with Crippen LogP contribution in [0.1, 0.15) is 46.0 Å². The Morgan fingerprint density at radius 1 is 1.07 bits per heavy atom. The molecule has 4 heteroatoms. The van der Waals surface area contributed by atoms with Gasteiger partial charge in [-0.2, -0.15) is 0 Å². The summed E-state index contributed by atoms with van der Waals surface area (Å²) in [5.74, 6) is -1.67. The van der Waals surface area contributed by atoms with Crippen LogP contribution in [-0.2, 0) is 9.59 Å². The third-order valence-electron chi connectivity index (χ3n) is 2.79. The number of hydrogen-bond donors (Lipinski definition) is 2. The molecule has 0 saturated carbocycles. The van der Waals surface area contributed by atoms with E-state index in [4.69, 9.17) is 10.2 Å². The van der Waals surface area contributed by atoms with Crippen molar-refractivity contribution >= 4 is 11.9 Å². The Hall–Kier alpha value is -1.06. The lowest BCUT2D eigenvalue weighted by Gasteiger charge is -2.15. The van der Waals surface area contributed by atoms with E-state index in [1.54, 1.807) is 6.92 Å². The second-order valence-corrected chi connectivity index (χ2v) is 4.10. The lowest BCUT2D eigenvalue weighted by molar-refractivity contribution is -0.142. The van der Waals surface area contributed by atoms with E-state index < -0.39 is 11.9 Å². The summed E-state index contributed by atoms with van der Waals surface area (Å²) >= 11 is 0. The van der Waals surface area contributed by atoms with Crippen LogP contribution in [0.4, 0.5) is 0 Å². The fraction of sp³-hybridized carbons (Fsp3) is 0.818. The molecule has 0 saturated heterocycles. The molecular weight excluding hydrogens is 196 g/mol. The number of unbranched alkanes of at least 4 members (excludes halogenated alkanes) is 2. The van der Waals surface area contributed by atoms with Gasteiger partial charge < -0.3 is 10.2 Å². The third-order valence-corrected chi connectivity index (χ3v) is 2.79. The Balaban J connectivity index is 3.50. The first-order chi connectivity index (χ1) is 6.95. The van der Waals surface area contributed by atoms with Crippen LogP contribution in [0.3, 0.4) is 0 Å². The Labute approximate surface area is 90.3 Å². The molecule has 0 spiro atoms. The number of hydrogen-bond acceptors (Lipinski definition) is 2. The maximum atomic E-state index is 10.6. The minimum atomic E-state index is -0.762. The molecule has 2 N–H and O–H groups in total. The number of carboxylic acid groups (broad SMARTS) is 2. The molecule has 0 amide bonds. The van der Waals surface area contributed by atoms with E-state index >= 15 is 0 Å². The number of carboxylic acids is 2. The van der Waals surface area contributed by atoms with Crippen LogP contribution < -0.4 is 0 Å². The van der Waals surface area contributed by atoms with Gasteiger partial charge in [0.15, 0.2) is 0 Å². The van der Waals surface area contributed by atoms with E-state index in [0.29, 0.717) is 6.42 Å². The minimum absolute atomic E-state index is 0.160. The number of carbonyl (C=O) groups is 2. The Kier molecular flexibility index (Phi) is 6.75. The van der Waals surface area contributed by atoms with Crippen LogP contribution in [0.2, 0.25) is 0 Å². The second kappa shape index (κ2) is 7.26. The molecule has 0 heterocycles. The largest absolute Gasteiger partial charge is 0.481 e. The molecule has 0 aliphatic heterocycles. The zero-order valence-electron chi connectivity index (χ0n) is 9.40. The quantitative estimate of drug-likeness (QED) is 0.611. The fourth-order valence-corrected chi connectivity index (χ4v) is 1.41. The van der Waals surface area contributed by atoms with Gasteiger partial charge in [0.05, 0.1) is 5.92 Å². The standard InChI is InChI=1S/C11H20O4/c1-8(9(2)11(14)15)6-4-3-5-7-10(12)13/h8-9H,3-7H2,1-2H3,(H,12,13)(H,14,15). The van der Waals surface area contributed by atoms with Crippen molar-refractivity contribution in [1.82, 2.24) is 0 Å². The van der Waals surface area contributed by atoms with Crippen molar-refractivity contribution in [3.05, 3.63) is 0 Å². The average Bonchev–Trinajstić information content (AvgIpc) is 2.15. The van der Waals surface area contributed by atoms with Gasteiger partial charge in [0.2, 0.25) is 0 Å². The van der Waals surface area contributed by atoms with Gasteiger partial charge >= 0.3 is 11.9 Å². The highest BCUT2D eigenvalue weighted by Gasteiger charge is 2.18. The van der Waals surface area contributed by atoms with Gasteiger partial charge in [0, 0.05) is 6.42 Å². The van der Waals surface area contributed by atoms with Crippen molar-refractivity contribution < 1.29 is 19.8 Å². The first kappa shape index (κ1) is 13.9. The van der Waals surface area contributed by atoms with Crippen LogP contribution in [0.15, 0.2) is 0 Å². The van der Waals surface area contributed by atoms with Crippen molar-refractivity contribution in [2.24, 2.45) is 11.8 Å². The third kappa shape index (κ3) is 6.94. The topological polar surface area (TPSA) is 74.6 Å². The first-order valence-corrected chi connectivity index (χ1v) is 5.39. The van der Waals surface area contributed by atoms with Crippen LogP contribution in [0.25, 0.3) is 0 Å². The highest BCUT2D eigenvalue weighted by atomic mass is 16.4. The maximum Gasteiger partial charge on any atom is 0.306 e. The van der Waals surface area contributed by atoms with E-state index in [9.17, 15) is 9.59 Å². The van der Waals surface area contributed by atoms with Crippen molar-refractivity contribution in [3.63, 3.8) is 0 Å². The highest BCUT2D eigenvalue weighted by Crippen LogP contribution is 2.18. The predicted octanol–water partition coefficient (Wildman–Crippen LogP) is 2.38. The molecule has 0 bridgehead atoms. The monoisotopic (exact) mass is 216 g/mol. The van der Waals surface area contributed by atoms with E-state index in [2.05, 4.69) is 0 Å². The van der Waals surface area contributed by atoms with Crippen molar-refractivity contribution in [2.75, 3.05) is 0 Å². The normalized spacial score (nSPS) is 14.5. The summed E-state index contributed by atoms with van der Waals surface area (Å²) in [7, 11) is 0. The molecule has 4 nitrogen and oxygen atoms in total. The molecule has 0 aliphatic rings. The zero-order chi connectivity index (χ0) is 11.8. The summed E-state index contributed by atoms with van der Waals surface area (Å²) in [5, 5.41) is 17.2. The van der Waals surface area contributed by atoms with E-state index in [-0.39, 0.29) is 18.3 Å². The molecule has 2 unspecified atom stereocenters. The summed E-state index contributed by atoms with van der Waals surface area (Å²) in [6, 6.07) is 0. The Morgan fingerprint density at radius 2 is 1.67 bits per heavy atom. The molecule has 15 heavy (non-hydrogen) atoms. The van der Waals surface area contributed by atoms with Gasteiger partial charge in [-0.15, -0.1) is 0 Å². The van der Waals surface area contributed by atoms with Gasteiger partial charge in [0.1, 0.15) is 0 Å². The molecule has 0 aromatic carbocycles. The van der Waals surface area contributed by atoms with Crippen molar-refractivity contribution in [2.45, 2.75) is 46.0 Å². The van der Waals surface area contributed by atoms with Gasteiger partial charge in [-0.25, -0.2) is 0 Å². The summed E-state index contributed by atoms with van der Waals surface area (Å²) in [6.45, 7) is 3.64. The fourth-order valence-electron chi connectivity index (χ4n) is 1.41. The smallest absolute Gasteiger partial charge is 0.306 e. The molecule has 0 aliphatic carbocycles. The lowest BCUT2D eigenvalue weighted by atomic mass is 9.91. The maximum absolute atomic E-state index is 10.6. The second-order valence-electron chi connectivity index (χ2n) is 4.10. The van der Waals surface area contributed by atoms with Crippen molar-refractivity contribution in [1.29, 1.82) is 0 Å². The zero-order valence-corrected chi connectivity index (χ0v) is 9.40. The molecule has 0 radical (unpaired) electrons. The average molecular weight is 216 g/mol. The summed E-state index contributed by atoms with van der Waals surface area (Å²) < 4.78 is 0. The van der Waals surface area contributed by atoms with Gasteiger partial charge in [-0.05, 0) is 18.8 Å². The summed E-state index contributed by atoms with van der Waals surface area (Å²) in [5.41, 5.74) is 0. The first-order valence-electron chi connectivity index (χ1n) is 5.39.